The highest BCUT2D eigenvalue weighted by molar-refractivity contribution is 7.99. The molecule has 0 bridgehead atoms. The van der Waals surface area contributed by atoms with Gasteiger partial charge in [0.05, 0.1) is 7.11 Å². The molecule has 0 heterocycles. The van der Waals surface area contributed by atoms with Crippen LogP contribution in [0.2, 0.25) is 0 Å². The fourth-order valence-electron chi connectivity index (χ4n) is 1.75. The van der Waals surface area contributed by atoms with Gasteiger partial charge in [0.25, 0.3) is 0 Å². The van der Waals surface area contributed by atoms with Crippen molar-refractivity contribution in [3.05, 3.63) is 29.8 Å². The van der Waals surface area contributed by atoms with E-state index in [9.17, 15) is 13.6 Å². The highest BCUT2D eigenvalue weighted by atomic mass is 32.2. The molecule has 0 amide bonds. The van der Waals surface area contributed by atoms with Crippen LogP contribution in [0, 0.1) is 11.6 Å². The third kappa shape index (κ3) is 4.45. The van der Waals surface area contributed by atoms with Gasteiger partial charge in [0.15, 0.2) is 0 Å². The van der Waals surface area contributed by atoms with Crippen LogP contribution in [0.15, 0.2) is 23.1 Å². The molecule has 3 nitrogen and oxygen atoms in total. The predicted molar refractivity (Wildman–Crippen MR) is 75.8 cm³/mol. The van der Waals surface area contributed by atoms with Gasteiger partial charge in [-0.1, -0.05) is 0 Å². The van der Waals surface area contributed by atoms with Crippen molar-refractivity contribution < 1.29 is 18.3 Å². The van der Waals surface area contributed by atoms with Gasteiger partial charge in [0, 0.05) is 11.0 Å². The van der Waals surface area contributed by atoms with Gasteiger partial charge in [-0.15, -0.1) is 11.8 Å². The van der Waals surface area contributed by atoms with Crippen LogP contribution in [0.3, 0.4) is 0 Å². The fourth-order valence-corrected chi connectivity index (χ4v) is 2.62. The molecule has 1 atom stereocenters. The van der Waals surface area contributed by atoms with Crippen molar-refractivity contribution in [3.63, 3.8) is 0 Å². The molecule has 0 radical (unpaired) electrons. The lowest BCUT2D eigenvalue weighted by Crippen LogP contribution is -2.48. The third-order valence-electron chi connectivity index (χ3n) is 3.16. The molecule has 1 N–H and O–H groups in total. The average Bonchev–Trinajstić information content (AvgIpc) is 2.44. The summed E-state index contributed by atoms with van der Waals surface area (Å²) < 4.78 is 30.9. The molecule has 0 aliphatic carbocycles. The second-order valence-corrected chi connectivity index (χ2v) is 5.74. The van der Waals surface area contributed by atoms with Crippen molar-refractivity contribution in [1.82, 2.24) is 5.32 Å². The summed E-state index contributed by atoms with van der Waals surface area (Å²) in [7, 11) is 3.05. The van der Waals surface area contributed by atoms with Gasteiger partial charge in [-0.05, 0) is 44.7 Å². The van der Waals surface area contributed by atoms with E-state index in [1.807, 2.05) is 0 Å². The number of thioether (sulfide) groups is 1. The molecule has 0 aromatic heterocycles. The number of rotatable bonds is 7. The largest absolute Gasteiger partial charge is 0.468 e. The summed E-state index contributed by atoms with van der Waals surface area (Å²) in [6.07, 6.45) is 1.28. The predicted octanol–water partition coefficient (Wildman–Crippen LogP) is 2.99. The first-order chi connectivity index (χ1) is 9.42. The number of esters is 1. The molecule has 0 spiro atoms. The SMILES string of the molecule is CNC(C)(CCCSc1ccc(F)cc1F)C(=O)OC. The molecule has 112 valence electrons. The normalized spacial score (nSPS) is 13.8. The van der Waals surface area contributed by atoms with E-state index in [1.54, 1.807) is 14.0 Å². The van der Waals surface area contributed by atoms with E-state index in [0.29, 0.717) is 23.5 Å². The first kappa shape index (κ1) is 16.9. The second-order valence-electron chi connectivity index (χ2n) is 4.60. The minimum absolute atomic E-state index is 0.321. The Morgan fingerprint density at radius 3 is 2.70 bits per heavy atom. The highest BCUT2D eigenvalue weighted by Crippen LogP contribution is 2.25. The molecular weight excluding hydrogens is 284 g/mol. The lowest BCUT2D eigenvalue weighted by Gasteiger charge is -2.25. The summed E-state index contributed by atoms with van der Waals surface area (Å²) in [5.74, 6) is -0.825. The van der Waals surface area contributed by atoms with E-state index < -0.39 is 17.2 Å². The van der Waals surface area contributed by atoms with E-state index >= 15 is 0 Å². The van der Waals surface area contributed by atoms with Gasteiger partial charge in [0.2, 0.25) is 0 Å². The van der Waals surface area contributed by atoms with Crippen molar-refractivity contribution in [2.75, 3.05) is 19.9 Å². The second kappa shape index (κ2) is 7.59. The van der Waals surface area contributed by atoms with Crippen LogP contribution < -0.4 is 5.32 Å². The average molecular weight is 303 g/mol. The van der Waals surface area contributed by atoms with Gasteiger partial charge in [-0.2, -0.15) is 0 Å². The molecule has 0 fully saturated rings. The van der Waals surface area contributed by atoms with E-state index in [1.165, 1.54) is 31.0 Å². The van der Waals surface area contributed by atoms with Crippen LogP contribution in [-0.4, -0.2) is 31.4 Å². The summed E-state index contributed by atoms with van der Waals surface area (Å²) in [6.45, 7) is 1.77. The van der Waals surface area contributed by atoms with Crippen molar-refractivity contribution >= 4 is 17.7 Å². The van der Waals surface area contributed by atoms with Crippen LogP contribution in [-0.2, 0) is 9.53 Å². The van der Waals surface area contributed by atoms with E-state index in [-0.39, 0.29) is 5.97 Å². The minimum atomic E-state index is -0.739. The Kier molecular flexibility index (Phi) is 6.42. The van der Waals surface area contributed by atoms with Crippen LogP contribution in [0.5, 0.6) is 0 Å². The number of ether oxygens (including phenoxy) is 1. The summed E-state index contributed by atoms with van der Waals surface area (Å²) >= 11 is 1.30. The van der Waals surface area contributed by atoms with E-state index in [0.717, 1.165) is 6.07 Å². The summed E-state index contributed by atoms with van der Waals surface area (Å²) in [6, 6.07) is 3.53. The lowest BCUT2D eigenvalue weighted by atomic mass is 9.97. The number of hydrogen-bond donors (Lipinski definition) is 1. The van der Waals surface area contributed by atoms with Crippen LogP contribution in [0.1, 0.15) is 19.8 Å². The van der Waals surface area contributed by atoms with Gasteiger partial charge in [-0.25, -0.2) is 8.78 Å². The van der Waals surface area contributed by atoms with Gasteiger partial charge in [-0.3, -0.25) is 4.79 Å². The van der Waals surface area contributed by atoms with Crippen LogP contribution in [0.4, 0.5) is 8.78 Å². The Hall–Kier alpha value is -1.14. The first-order valence-corrected chi connectivity index (χ1v) is 7.26. The number of halogens is 2. The maximum Gasteiger partial charge on any atom is 0.325 e. The standard InChI is InChI=1S/C14H19F2NO2S/c1-14(17-2,13(18)19-3)7-4-8-20-12-6-5-10(15)9-11(12)16/h5-6,9,17H,4,7-8H2,1-3H3. The number of methoxy groups -OCH3 is 1. The minimum Gasteiger partial charge on any atom is -0.468 e. The summed E-state index contributed by atoms with van der Waals surface area (Å²) in [5, 5.41) is 2.94. The number of carbonyl (C=O) groups is 1. The number of carbonyl (C=O) groups excluding carboxylic acids is 1. The van der Waals surface area contributed by atoms with Gasteiger partial charge in [0.1, 0.15) is 17.2 Å². The molecule has 1 aromatic rings. The quantitative estimate of drug-likeness (QED) is 0.477. The van der Waals surface area contributed by atoms with Gasteiger partial charge < -0.3 is 10.1 Å². The number of hydrogen-bond acceptors (Lipinski definition) is 4. The number of likely N-dealkylation sites (N-methyl/N-ethyl adjacent to an activating group) is 1. The fraction of sp³-hybridized carbons (Fsp3) is 0.500. The lowest BCUT2D eigenvalue weighted by molar-refractivity contribution is -0.148. The monoisotopic (exact) mass is 303 g/mol. The van der Waals surface area contributed by atoms with Crippen molar-refractivity contribution in [2.24, 2.45) is 0 Å². The molecule has 0 saturated heterocycles. The Morgan fingerprint density at radius 2 is 2.15 bits per heavy atom. The Labute approximate surface area is 122 Å². The summed E-state index contributed by atoms with van der Waals surface area (Å²) in [5.41, 5.74) is -0.739. The maximum atomic E-state index is 13.4. The van der Waals surface area contributed by atoms with Gasteiger partial charge >= 0.3 is 5.97 Å². The van der Waals surface area contributed by atoms with Crippen LogP contribution in [0.25, 0.3) is 0 Å². The Bertz CT molecular complexity index is 470. The Balaban J connectivity index is 2.46. The summed E-state index contributed by atoms with van der Waals surface area (Å²) in [4.78, 5) is 12.0. The first-order valence-electron chi connectivity index (χ1n) is 6.28. The van der Waals surface area contributed by atoms with E-state index in [2.05, 4.69) is 5.32 Å². The molecule has 0 saturated carbocycles. The van der Waals surface area contributed by atoms with Crippen LogP contribution >= 0.6 is 11.8 Å². The number of nitrogens with one attached hydrogen (secondary N) is 1. The maximum absolute atomic E-state index is 13.4. The number of benzene rings is 1. The van der Waals surface area contributed by atoms with Crippen molar-refractivity contribution in [1.29, 1.82) is 0 Å². The molecular formula is C14H19F2NO2S. The smallest absolute Gasteiger partial charge is 0.325 e. The molecule has 20 heavy (non-hydrogen) atoms. The third-order valence-corrected chi connectivity index (χ3v) is 4.30. The van der Waals surface area contributed by atoms with Crippen molar-refractivity contribution in [3.8, 4) is 0 Å². The molecule has 6 heteroatoms. The molecule has 0 aliphatic heterocycles. The topological polar surface area (TPSA) is 38.3 Å². The molecule has 1 aromatic carbocycles. The molecule has 1 rings (SSSR count). The zero-order valence-corrected chi connectivity index (χ0v) is 12.7. The zero-order chi connectivity index (χ0) is 15.2. The molecule has 0 aliphatic rings. The van der Waals surface area contributed by atoms with Crippen molar-refractivity contribution in [2.45, 2.75) is 30.2 Å². The molecule has 1 unspecified atom stereocenters. The highest BCUT2D eigenvalue weighted by Gasteiger charge is 2.31. The zero-order valence-electron chi connectivity index (χ0n) is 11.8. The Morgan fingerprint density at radius 1 is 1.45 bits per heavy atom. The van der Waals surface area contributed by atoms with E-state index in [4.69, 9.17) is 4.74 Å².